The quantitative estimate of drug-likeness (QED) is 0.264. The number of benzene rings is 1. The number of likely N-dealkylation sites (tertiary alicyclic amines) is 1. The van der Waals surface area contributed by atoms with Crippen LogP contribution in [0.5, 0.6) is 0 Å². The van der Waals surface area contributed by atoms with Crippen molar-refractivity contribution in [1.82, 2.24) is 4.90 Å². The average Bonchev–Trinajstić information content (AvgIpc) is 3.44. The lowest BCUT2D eigenvalue weighted by atomic mass is 9.82. The van der Waals surface area contributed by atoms with Crippen molar-refractivity contribution in [2.24, 2.45) is 5.92 Å². The summed E-state index contributed by atoms with van der Waals surface area (Å²) in [6.07, 6.45) is 9.74. The first-order valence-electron chi connectivity index (χ1n) is 13.5. The molecule has 1 aromatic heterocycles. The summed E-state index contributed by atoms with van der Waals surface area (Å²) in [6.45, 7) is 8.85. The van der Waals surface area contributed by atoms with Gasteiger partial charge in [-0.05, 0) is 69.1 Å². The molecular formula is C29H41N2O2S+. The van der Waals surface area contributed by atoms with E-state index in [9.17, 15) is 4.79 Å². The topological polar surface area (TPSA) is 29.5 Å². The van der Waals surface area contributed by atoms with Crippen LogP contribution >= 0.6 is 11.3 Å². The summed E-state index contributed by atoms with van der Waals surface area (Å²) in [7, 11) is 0. The molecule has 0 amide bonds. The molecule has 4 aliphatic heterocycles. The van der Waals surface area contributed by atoms with Crippen LogP contribution in [0.1, 0.15) is 62.3 Å². The van der Waals surface area contributed by atoms with Crippen LogP contribution in [0.3, 0.4) is 0 Å². The van der Waals surface area contributed by atoms with E-state index >= 15 is 0 Å². The van der Waals surface area contributed by atoms with Crippen LogP contribution in [0.25, 0.3) is 0 Å². The van der Waals surface area contributed by atoms with Crippen molar-refractivity contribution in [3.63, 3.8) is 0 Å². The van der Waals surface area contributed by atoms with Gasteiger partial charge in [0.2, 0.25) is 0 Å². The third-order valence-electron chi connectivity index (χ3n) is 8.88. The molecule has 4 aliphatic rings. The lowest BCUT2D eigenvalue weighted by Crippen LogP contribution is -2.65. The highest BCUT2D eigenvalue weighted by atomic mass is 32.1. The molecular weight excluding hydrogens is 440 g/mol. The number of nitrogens with zero attached hydrogens (tertiary/aromatic N) is 2. The molecule has 5 heterocycles. The number of fused-ring (bicyclic) bond motifs is 3. The summed E-state index contributed by atoms with van der Waals surface area (Å²) in [5.74, 6) is 0.528. The molecule has 1 unspecified atom stereocenters. The van der Waals surface area contributed by atoms with E-state index in [1.165, 1.54) is 70.1 Å². The SMILES string of the molecule is CC(C(=O)O[C@@H]1C[N+]2(CCCCc3ccccc3)CCC1CC2)(c1cccs1)N1CCCCC1. The fourth-order valence-corrected chi connectivity index (χ4v) is 7.53. The van der Waals surface area contributed by atoms with Crippen LogP contribution in [0.2, 0.25) is 0 Å². The zero-order valence-electron chi connectivity index (χ0n) is 20.8. The molecule has 184 valence electrons. The van der Waals surface area contributed by atoms with Gasteiger partial charge >= 0.3 is 5.97 Å². The smallest absolute Gasteiger partial charge is 0.332 e. The van der Waals surface area contributed by atoms with Gasteiger partial charge in [0, 0.05) is 23.6 Å². The fourth-order valence-electron chi connectivity index (χ4n) is 6.62. The molecule has 5 heteroatoms. The van der Waals surface area contributed by atoms with Gasteiger partial charge in [0.25, 0.3) is 0 Å². The number of piperidine rings is 4. The van der Waals surface area contributed by atoms with Gasteiger partial charge in [0.15, 0.2) is 11.6 Å². The van der Waals surface area contributed by atoms with Crippen LogP contribution in [0, 0.1) is 5.92 Å². The monoisotopic (exact) mass is 481 g/mol. The maximum absolute atomic E-state index is 13.9. The minimum Gasteiger partial charge on any atom is -0.454 e. The van der Waals surface area contributed by atoms with Crippen molar-refractivity contribution in [2.45, 2.75) is 69.9 Å². The zero-order valence-corrected chi connectivity index (χ0v) is 21.6. The molecule has 6 rings (SSSR count). The number of aryl methyl sites for hydroxylation is 1. The lowest BCUT2D eigenvalue weighted by molar-refractivity contribution is -0.946. The van der Waals surface area contributed by atoms with Crippen LogP contribution in [-0.4, -0.2) is 60.7 Å². The van der Waals surface area contributed by atoms with Gasteiger partial charge in [-0.25, -0.2) is 4.79 Å². The number of ether oxygens (including phenoxy) is 1. The minimum atomic E-state index is -0.652. The number of carbonyl (C=O) groups excluding carboxylic acids is 1. The molecule has 4 saturated heterocycles. The Morgan fingerprint density at radius 2 is 1.82 bits per heavy atom. The van der Waals surface area contributed by atoms with Gasteiger partial charge in [-0.3, -0.25) is 4.90 Å². The average molecular weight is 482 g/mol. The molecule has 0 radical (unpaired) electrons. The summed E-state index contributed by atoms with van der Waals surface area (Å²) >= 11 is 1.69. The van der Waals surface area contributed by atoms with Crippen molar-refractivity contribution < 1.29 is 14.0 Å². The number of thiophene rings is 1. The van der Waals surface area contributed by atoms with E-state index in [-0.39, 0.29) is 12.1 Å². The summed E-state index contributed by atoms with van der Waals surface area (Å²) in [5.41, 5.74) is 0.790. The van der Waals surface area contributed by atoms with E-state index in [0.717, 1.165) is 35.4 Å². The van der Waals surface area contributed by atoms with Crippen molar-refractivity contribution in [1.29, 1.82) is 0 Å². The van der Waals surface area contributed by atoms with Crippen LogP contribution in [0.4, 0.5) is 0 Å². The summed E-state index contributed by atoms with van der Waals surface area (Å²) < 4.78 is 7.63. The summed E-state index contributed by atoms with van der Waals surface area (Å²) in [5, 5.41) is 2.09. The molecule has 1 aromatic carbocycles. The third-order valence-corrected chi connectivity index (χ3v) is 9.96. The second-order valence-electron chi connectivity index (χ2n) is 11.0. The lowest BCUT2D eigenvalue weighted by Gasteiger charge is -2.52. The molecule has 0 aliphatic carbocycles. The van der Waals surface area contributed by atoms with Gasteiger partial charge in [0.05, 0.1) is 19.6 Å². The van der Waals surface area contributed by atoms with Gasteiger partial charge in [-0.2, -0.15) is 0 Å². The molecule has 4 nitrogen and oxygen atoms in total. The normalized spacial score (nSPS) is 29.0. The Labute approximate surface area is 209 Å². The Bertz CT molecular complexity index is 917. The molecule has 34 heavy (non-hydrogen) atoms. The second-order valence-corrected chi connectivity index (χ2v) is 12.0. The first-order chi connectivity index (χ1) is 16.6. The van der Waals surface area contributed by atoms with E-state index in [4.69, 9.17) is 4.74 Å². The highest BCUT2D eigenvalue weighted by Crippen LogP contribution is 2.40. The van der Waals surface area contributed by atoms with Crippen molar-refractivity contribution in [2.75, 3.05) is 39.3 Å². The van der Waals surface area contributed by atoms with Gasteiger partial charge < -0.3 is 9.22 Å². The second kappa shape index (κ2) is 10.5. The van der Waals surface area contributed by atoms with E-state index in [2.05, 4.69) is 59.7 Å². The van der Waals surface area contributed by atoms with Crippen molar-refractivity contribution >= 4 is 17.3 Å². The number of quaternary nitrogens is 1. The molecule has 0 N–H and O–H groups in total. The molecule has 2 bridgehead atoms. The fraction of sp³-hybridized carbons (Fsp3) is 0.621. The first kappa shape index (κ1) is 24.0. The number of unbranched alkanes of at least 4 members (excludes halogenated alkanes) is 1. The van der Waals surface area contributed by atoms with Crippen molar-refractivity contribution in [3.05, 3.63) is 58.3 Å². The maximum Gasteiger partial charge on any atom is 0.332 e. The summed E-state index contributed by atoms with van der Waals surface area (Å²) in [4.78, 5) is 17.4. The highest BCUT2D eigenvalue weighted by molar-refractivity contribution is 7.10. The van der Waals surface area contributed by atoms with Gasteiger partial charge in [0.1, 0.15) is 6.54 Å². The highest BCUT2D eigenvalue weighted by Gasteiger charge is 2.50. The Hall–Kier alpha value is -1.69. The van der Waals surface area contributed by atoms with E-state index in [1.54, 1.807) is 11.3 Å². The van der Waals surface area contributed by atoms with Gasteiger partial charge in [-0.15, -0.1) is 11.3 Å². The van der Waals surface area contributed by atoms with E-state index < -0.39 is 5.54 Å². The zero-order chi connectivity index (χ0) is 23.4. The van der Waals surface area contributed by atoms with E-state index in [0.29, 0.717) is 5.92 Å². The predicted molar refractivity (Wildman–Crippen MR) is 139 cm³/mol. The number of rotatable bonds is 9. The standard InChI is InChI=1S/C29H41N2O2S/c1-29(27-14-10-22-34-27,30-17-7-3-8-18-30)28(32)33-26-23-31(20-15-25(26)16-21-31)19-9-6-13-24-11-4-2-5-12-24/h2,4-5,10-12,14,22,25-26H,3,6-9,13,15-21,23H2,1H3/q+1/t25?,26-,29?,31?/m1/s1. The Kier molecular flexibility index (Phi) is 7.43. The van der Waals surface area contributed by atoms with Gasteiger partial charge in [-0.1, -0.05) is 42.8 Å². The summed E-state index contributed by atoms with van der Waals surface area (Å²) in [6, 6.07) is 15.0. The van der Waals surface area contributed by atoms with Crippen LogP contribution in [0.15, 0.2) is 47.8 Å². The Morgan fingerprint density at radius 3 is 2.53 bits per heavy atom. The number of hydrogen-bond donors (Lipinski definition) is 0. The van der Waals surface area contributed by atoms with Crippen LogP contribution in [-0.2, 0) is 21.5 Å². The molecule has 2 aromatic rings. The maximum atomic E-state index is 13.9. The molecule has 4 fully saturated rings. The Morgan fingerprint density at radius 1 is 1.06 bits per heavy atom. The largest absolute Gasteiger partial charge is 0.454 e. The number of carbonyl (C=O) groups is 1. The molecule has 0 spiro atoms. The molecule has 0 saturated carbocycles. The third kappa shape index (κ3) is 4.98. The first-order valence-corrected chi connectivity index (χ1v) is 14.4. The number of esters is 1. The Balaban J connectivity index is 1.22. The van der Waals surface area contributed by atoms with Crippen LogP contribution < -0.4 is 0 Å². The molecule has 2 atom stereocenters. The predicted octanol–water partition coefficient (Wildman–Crippen LogP) is 5.62. The number of hydrogen-bond acceptors (Lipinski definition) is 4. The minimum absolute atomic E-state index is 0.0159. The van der Waals surface area contributed by atoms with Crippen molar-refractivity contribution in [3.8, 4) is 0 Å². The van der Waals surface area contributed by atoms with E-state index in [1.807, 2.05) is 0 Å².